The average Bonchev–Trinajstić information content (AvgIpc) is 2.46. The molecule has 7 heteroatoms. The summed E-state index contributed by atoms with van der Waals surface area (Å²) < 4.78 is 0. The summed E-state index contributed by atoms with van der Waals surface area (Å²) in [5.74, 6) is 0.862. The molecule has 0 aliphatic rings. The highest BCUT2D eigenvalue weighted by atomic mass is 16.6. The molecule has 0 spiro atoms. The Morgan fingerprint density at radius 1 is 1.20 bits per heavy atom. The number of hydrogen-bond acceptors (Lipinski definition) is 6. The lowest BCUT2D eigenvalue weighted by atomic mass is 10.2. The zero-order valence-electron chi connectivity index (χ0n) is 11.0. The minimum Gasteiger partial charge on any atom is -0.370 e. The van der Waals surface area contributed by atoms with E-state index in [1.807, 2.05) is 19.1 Å². The van der Waals surface area contributed by atoms with Crippen molar-refractivity contribution in [3.63, 3.8) is 0 Å². The highest BCUT2D eigenvalue weighted by molar-refractivity contribution is 5.60. The van der Waals surface area contributed by atoms with Crippen LogP contribution >= 0.6 is 0 Å². The molecule has 7 nitrogen and oxygen atoms in total. The smallest absolute Gasteiger partial charge is 0.311 e. The molecule has 0 saturated carbocycles. The lowest BCUT2D eigenvalue weighted by Gasteiger charge is -2.08. The molecule has 0 aromatic carbocycles. The first kappa shape index (κ1) is 13.7. The summed E-state index contributed by atoms with van der Waals surface area (Å²) in [4.78, 5) is 18.7. The summed E-state index contributed by atoms with van der Waals surface area (Å²) in [6, 6.07) is 6.72. The number of nitrogens with one attached hydrogen (secondary N) is 2. The van der Waals surface area contributed by atoms with Gasteiger partial charge in [0.1, 0.15) is 5.82 Å². The summed E-state index contributed by atoms with van der Waals surface area (Å²) in [6.07, 6.45) is 3.35. The van der Waals surface area contributed by atoms with E-state index in [0.717, 1.165) is 5.56 Å². The van der Waals surface area contributed by atoms with Gasteiger partial charge in [0.05, 0.1) is 4.92 Å². The SMILES string of the molecule is CCNc1ccc([N+](=O)[O-])c(NCc2ccncc2)n1. The maximum Gasteiger partial charge on any atom is 0.311 e. The van der Waals surface area contributed by atoms with E-state index in [1.165, 1.54) is 6.07 Å². The van der Waals surface area contributed by atoms with Gasteiger partial charge in [-0.25, -0.2) is 4.98 Å². The molecule has 0 unspecified atom stereocenters. The van der Waals surface area contributed by atoms with Crippen molar-refractivity contribution in [2.24, 2.45) is 0 Å². The van der Waals surface area contributed by atoms with Crippen LogP contribution in [0.25, 0.3) is 0 Å². The first-order valence-electron chi connectivity index (χ1n) is 6.22. The van der Waals surface area contributed by atoms with Crippen LogP contribution in [0.5, 0.6) is 0 Å². The number of hydrogen-bond donors (Lipinski definition) is 2. The van der Waals surface area contributed by atoms with Gasteiger partial charge in [-0.1, -0.05) is 0 Å². The van der Waals surface area contributed by atoms with E-state index in [4.69, 9.17) is 0 Å². The second-order valence-electron chi connectivity index (χ2n) is 4.06. The van der Waals surface area contributed by atoms with Crippen molar-refractivity contribution in [3.05, 3.63) is 52.3 Å². The number of aromatic nitrogens is 2. The van der Waals surface area contributed by atoms with Crippen molar-refractivity contribution in [2.75, 3.05) is 17.2 Å². The molecule has 0 saturated heterocycles. The topological polar surface area (TPSA) is 93.0 Å². The summed E-state index contributed by atoms with van der Waals surface area (Å²) >= 11 is 0. The number of anilines is 2. The van der Waals surface area contributed by atoms with Crippen LogP contribution in [0.1, 0.15) is 12.5 Å². The fourth-order valence-electron chi connectivity index (χ4n) is 1.70. The molecule has 0 aliphatic heterocycles. The van der Waals surface area contributed by atoms with Gasteiger partial charge < -0.3 is 10.6 Å². The molecule has 0 fully saturated rings. The maximum atomic E-state index is 11.0. The number of nitro groups is 1. The van der Waals surface area contributed by atoms with E-state index in [2.05, 4.69) is 20.6 Å². The van der Waals surface area contributed by atoms with E-state index in [9.17, 15) is 10.1 Å². The van der Waals surface area contributed by atoms with Gasteiger partial charge in [-0.3, -0.25) is 15.1 Å². The van der Waals surface area contributed by atoms with Gasteiger partial charge in [-0.2, -0.15) is 0 Å². The van der Waals surface area contributed by atoms with Gasteiger partial charge in [0, 0.05) is 31.5 Å². The minimum atomic E-state index is -0.447. The lowest BCUT2D eigenvalue weighted by Crippen LogP contribution is -2.07. The highest BCUT2D eigenvalue weighted by Crippen LogP contribution is 2.24. The number of pyridine rings is 2. The third kappa shape index (κ3) is 3.41. The molecule has 0 aliphatic carbocycles. The third-order valence-corrected chi connectivity index (χ3v) is 2.64. The second kappa shape index (κ2) is 6.46. The Kier molecular flexibility index (Phi) is 4.43. The summed E-state index contributed by atoms with van der Waals surface area (Å²) in [6.45, 7) is 3.09. The quantitative estimate of drug-likeness (QED) is 0.620. The first-order valence-corrected chi connectivity index (χ1v) is 6.22. The van der Waals surface area contributed by atoms with Crippen LogP contribution in [-0.2, 0) is 6.54 Å². The van der Waals surface area contributed by atoms with E-state index >= 15 is 0 Å². The molecule has 2 heterocycles. The molecule has 104 valence electrons. The summed E-state index contributed by atoms with van der Waals surface area (Å²) in [5.41, 5.74) is 0.936. The van der Waals surface area contributed by atoms with Crippen LogP contribution in [0.2, 0.25) is 0 Å². The summed E-state index contributed by atoms with van der Waals surface area (Å²) in [5, 5.41) is 17.0. The van der Waals surface area contributed by atoms with Crippen LogP contribution < -0.4 is 10.6 Å². The molecular weight excluding hydrogens is 258 g/mol. The maximum absolute atomic E-state index is 11.0. The predicted octanol–water partition coefficient (Wildman–Crippen LogP) is 2.43. The Hall–Kier alpha value is -2.70. The van der Waals surface area contributed by atoms with Crippen LogP contribution in [0.3, 0.4) is 0 Å². The Morgan fingerprint density at radius 2 is 1.95 bits per heavy atom. The van der Waals surface area contributed by atoms with E-state index in [-0.39, 0.29) is 11.5 Å². The van der Waals surface area contributed by atoms with Crippen molar-refractivity contribution in [2.45, 2.75) is 13.5 Å². The lowest BCUT2D eigenvalue weighted by molar-refractivity contribution is -0.384. The van der Waals surface area contributed by atoms with E-state index < -0.39 is 4.92 Å². The average molecular weight is 273 g/mol. The Bertz CT molecular complexity index is 589. The van der Waals surface area contributed by atoms with Crippen LogP contribution in [-0.4, -0.2) is 21.4 Å². The Morgan fingerprint density at radius 3 is 2.60 bits per heavy atom. The molecule has 2 N–H and O–H groups in total. The monoisotopic (exact) mass is 273 g/mol. The van der Waals surface area contributed by atoms with Crippen molar-refractivity contribution >= 4 is 17.3 Å². The van der Waals surface area contributed by atoms with Gasteiger partial charge >= 0.3 is 5.69 Å². The number of rotatable bonds is 6. The van der Waals surface area contributed by atoms with Crippen molar-refractivity contribution in [3.8, 4) is 0 Å². The molecular formula is C13H15N5O2. The summed E-state index contributed by atoms with van der Waals surface area (Å²) in [7, 11) is 0. The molecule has 2 aromatic heterocycles. The van der Waals surface area contributed by atoms with Crippen molar-refractivity contribution in [1.82, 2.24) is 9.97 Å². The molecule has 20 heavy (non-hydrogen) atoms. The third-order valence-electron chi connectivity index (χ3n) is 2.64. The zero-order chi connectivity index (χ0) is 14.4. The molecule has 2 rings (SSSR count). The van der Waals surface area contributed by atoms with E-state index in [1.54, 1.807) is 18.5 Å². The standard InChI is InChI=1S/C13H15N5O2/c1-2-15-12-4-3-11(18(19)20)13(17-12)16-9-10-5-7-14-8-6-10/h3-8H,2,9H2,1H3,(H2,15,16,17). The molecule has 0 bridgehead atoms. The molecule has 0 amide bonds. The van der Waals surface area contributed by atoms with Crippen LogP contribution in [0.15, 0.2) is 36.7 Å². The Labute approximate surface area is 116 Å². The van der Waals surface area contributed by atoms with Gasteiger partial charge in [-0.05, 0) is 30.7 Å². The fourth-order valence-corrected chi connectivity index (χ4v) is 1.70. The molecule has 0 atom stereocenters. The van der Waals surface area contributed by atoms with Gasteiger partial charge in [0.2, 0.25) is 5.82 Å². The predicted molar refractivity (Wildman–Crippen MR) is 76.6 cm³/mol. The van der Waals surface area contributed by atoms with Crippen molar-refractivity contribution in [1.29, 1.82) is 0 Å². The van der Waals surface area contributed by atoms with Gasteiger partial charge in [0.25, 0.3) is 0 Å². The minimum absolute atomic E-state index is 0.0410. The first-order chi connectivity index (χ1) is 9.70. The zero-order valence-corrected chi connectivity index (χ0v) is 11.0. The Balaban J connectivity index is 2.19. The van der Waals surface area contributed by atoms with E-state index in [0.29, 0.717) is 18.9 Å². The number of nitrogens with zero attached hydrogens (tertiary/aromatic N) is 3. The van der Waals surface area contributed by atoms with Crippen LogP contribution in [0, 0.1) is 10.1 Å². The second-order valence-corrected chi connectivity index (χ2v) is 4.06. The van der Waals surface area contributed by atoms with Gasteiger partial charge in [-0.15, -0.1) is 0 Å². The van der Waals surface area contributed by atoms with Crippen LogP contribution in [0.4, 0.5) is 17.3 Å². The fraction of sp³-hybridized carbons (Fsp3) is 0.231. The van der Waals surface area contributed by atoms with Crippen molar-refractivity contribution < 1.29 is 4.92 Å². The molecule has 2 aromatic rings. The highest BCUT2D eigenvalue weighted by Gasteiger charge is 2.15. The normalized spacial score (nSPS) is 10.1. The molecule has 0 radical (unpaired) electrons. The van der Waals surface area contributed by atoms with Gasteiger partial charge in [0.15, 0.2) is 0 Å². The largest absolute Gasteiger partial charge is 0.370 e.